The molecule has 0 radical (unpaired) electrons. The second kappa shape index (κ2) is 9.65. The molecular weight excluding hydrogens is 524 g/mol. The van der Waals surface area contributed by atoms with E-state index in [0.717, 1.165) is 48.0 Å². The van der Waals surface area contributed by atoms with E-state index in [-0.39, 0.29) is 17.9 Å². The molecule has 0 aliphatic heterocycles. The average Bonchev–Trinajstić information content (AvgIpc) is 3.55. The number of nitrogens with zero attached hydrogens (tertiary/aromatic N) is 4. The maximum Gasteiger partial charge on any atom is 0.225 e. The largest absolute Gasteiger partial charge is 0.388 e. The molecule has 3 aromatic rings. The van der Waals surface area contributed by atoms with Crippen LogP contribution in [0.25, 0.3) is 20.8 Å². The highest BCUT2D eigenvalue weighted by Gasteiger charge is 2.48. The predicted molar refractivity (Wildman–Crippen MR) is 148 cm³/mol. The van der Waals surface area contributed by atoms with Crippen LogP contribution >= 0.6 is 11.3 Å². The van der Waals surface area contributed by atoms with Crippen LogP contribution in [0, 0.1) is 12.8 Å². The number of nitrogens with one attached hydrogen (secondary N) is 2. The highest BCUT2D eigenvalue weighted by atomic mass is 32.2. The average molecular weight is 559 g/mol. The van der Waals surface area contributed by atoms with E-state index in [2.05, 4.69) is 15.6 Å². The minimum absolute atomic E-state index is 0.00281. The molecule has 6 rings (SSSR count). The first kappa shape index (κ1) is 25.8. The SMILES string of the molecule is CCS(=O)(=O)CC1CCC(O)(Nc2nc(NC3CCC3)nc(C)c2-c2nc3c(C4CC4)nccc3s2)C1O. The number of rotatable bonds is 9. The maximum absolute atomic E-state index is 12.2. The Morgan fingerprint density at radius 3 is 2.63 bits per heavy atom. The predicted octanol–water partition coefficient (Wildman–Crippen LogP) is 3.60. The highest BCUT2D eigenvalue weighted by molar-refractivity contribution is 7.91. The fourth-order valence-corrected chi connectivity index (χ4v) is 7.72. The van der Waals surface area contributed by atoms with E-state index >= 15 is 0 Å². The van der Waals surface area contributed by atoms with Crippen LogP contribution in [0.5, 0.6) is 0 Å². The summed E-state index contributed by atoms with van der Waals surface area (Å²) in [5.74, 6) is 0.562. The zero-order valence-electron chi connectivity index (χ0n) is 21.6. The summed E-state index contributed by atoms with van der Waals surface area (Å²) in [6.45, 7) is 3.49. The van der Waals surface area contributed by atoms with Crippen molar-refractivity contribution in [1.29, 1.82) is 0 Å². The van der Waals surface area contributed by atoms with Crippen molar-refractivity contribution in [3.63, 3.8) is 0 Å². The summed E-state index contributed by atoms with van der Waals surface area (Å²) < 4.78 is 25.5. The molecule has 4 N–H and O–H groups in total. The minimum atomic E-state index is -3.30. The number of fused-ring (bicyclic) bond motifs is 1. The van der Waals surface area contributed by atoms with Gasteiger partial charge in [0.2, 0.25) is 5.95 Å². The van der Waals surface area contributed by atoms with Gasteiger partial charge in [-0.05, 0) is 57.9 Å². The van der Waals surface area contributed by atoms with Crippen molar-refractivity contribution in [1.82, 2.24) is 19.9 Å². The summed E-state index contributed by atoms with van der Waals surface area (Å²) in [6, 6.07) is 2.28. The van der Waals surface area contributed by atoms with E-state index in [1.54, 1.807) is 6.92 Å². The second-order valence-corrected chi connectivity index (χ2v) is 14.4. The summed E-state index contributed by atoms with van der Waals surface area (Å²) in [7, 11) is -3.30. The molecule has 3 aromatic heterocycles. The third-order valence-electron chi connectivity index (χ3n) is 8.12. The Kier molecular flexibility index (Phi) is 6.56. The van der Waals surface area contributed by atoms with E-state index in [0.29, 0.717) is 46.4 Å². The summed E-state index contributed by atoms with van der Waals surface area (Å²) >= 11 is 1.53. The fraction of sp³-hybridized carbons (Fsp3) is 0.615. The zero-order valence-corrected chi connectivity index (χ0v) is 23.3. The normalized spacial score (nSPS) is 26.0. The number of aryl methyl sites for hydroxylation is 1. The molecule has 3 fully saturated rings. The smallest absolute Gasteiger partial charge is 0.225 e. The standard InChI is InChI=1S/C26H34N6O4S2/c1-3-38(35,36)13-16-9-11-26(34,22(16)33)32-23-19(14(2)28-25(31-23)29-17-5-4-6-17)24-30-21-18(37-24)10-12-27-20(21)15-7-8-15/h10,12,15-17,22,33-34H,3-9,11,13H2,1-2H3,(H2,28,29,31,32). The second-order valence-electron chi connectivity index (χ2n) is 11.0. The van der Waals surface area contributed by atoms with Crippen LogP contribution in [-0.2, 0) is 9.84 Å². The Morgan fingerprint density at radius 1 is 1.16 bits per heavy atom. The lowest BCUT2D eigenvalue weighted by Crippen LogP contribution is -2.48. The summed E-state index contributed by atoms with van der Waals surface area (Å²) in [6.07, 6.45) is 6.65. The van der Waals surface area contributed by atoms with Crippen LogP contribution in [0.2, 0.25) is 0 Å². The first-order chi connectivity index (χ1) is 18.2. The van der Waals surface area contributed by atoms with Crippen molar-refractivity contribution < 1.29 is 18.6 Å². The lowest BCUT2D eigenvalue weighted by molar-refractivity contribution is -0.0442. The van der Waals surface area contributed by atoms with Gasteiger partial charge in [0.15, 0.2) is 5.72 Å². The van der Waals surface area contributed by atoms with Crippen LogP contribution in [0.3, 0.4) is 0 Å². The summed E-state index contributed by atoms with van der Waals surface area (Å²) in [5, 5.41) is 29.8. The summed E-state index contributed by atoms with van der Waals surface area (Å²) in [5.41, 5.74) is 1.55. The molecule has 0 spiro atoms. The molecule has 3 unspecified atom stereocenters. The molecule has 204 valence electrons. The van der Waals surface area contributed by atoms with E-state index in [9.17, 15) is 18.6 Å². The van der Waals surface area contributed by atoms with Gasteiger partial charge in [0.25, 0.3) is 0 Å². The number of hydrogen-bond donors (Lipinski definition) is 4. The van der Waals surface area contributed by atoms with Crippen molar-refractivity contribution in [2.45, 2.75) is 82.6 Å². The number of thiazole rings is 1. The summed E-state index contributed by atoms with van der Waals surface area (Å²) in [4.78, 5) is 19.1. The van der Waals surface area contributed by atoms with Gasteiger partial charge in [0, 0.05) is 29.8 Å². The molecular formula is C26H34N6O4S2. The third kappa shape index (κ3) is 4.87. The van der Waals surface area contributed by atoms with Crippen molar-refractivity contribution in [2.24, 2.45) is 5.92 Å². The molecule has 0 saturated heterocycles. The van der Waals surface area contributed by atoms with Gasteiger partial charge >= 0.3 is 0 Å². The first-order valence-corrected chi connectivity index (χ1v) is 16.1. The number of aliphatic hydroxyl groups is 2. The Morgan fingerprint density at radius 2 is 1.95 bits per heavy atom. The van der Waals surface area contributed by atoms with Crippen LogP contribution < -0.4 is 10.6 Å². The maximum atomic E-state index is 12.2. The van der Waals surface area contributed by atoms with Gasteiger partial charge in [-0.3, -0.25) is 4.98 Å². The molecule has 12 heteroatoms. The molecule has 3 heterocycles. The van der Waals surface area contributed by atoms with Gasteiger partial charge in [-0.25, -0.2) is 18.4 Å². The van der Waals surface area contributed by atoms with Gasteiger partial charge in [-0.1, -0.05) is 6.92 Å². The molecule has 0 bridgehead atoms. The van der Waals surface area contributed by atoms with Crippen LogP contribution in [-0.4, -0.2) is 67.9 Å². The van der Waals surface area contributed by atoms with Crippen LogP contribution in [0.15, 0.2) is 12.3 Å². The molecule has 3 aliphatic carbocycles. The van der Waals surface area contributed by atoms with Gasteiger partial charge in [0.05, 0.1) is 27.4 Å². The molecule has 3 saturated carbocycles. The third-order valence-corrected chi connectivity index (χ3v) is 11.0. The van der Waals surface area contributed by atoms with Crippen molar-refractivity contribution >= 4 is 43.2 Å². The van der Waals surface area contributed by atoms with Gasteiger partial charge in [0.1, 0.15) is 32.3 Å². The van der Waals surface area contributed by atoms with Crippen molar-refractivity contribution in [3.05, 3.63) is 23.7 Å². The van der Waals surface area contributed by atoms with Crippen LogP contribution in [0.4, 0.5) is 11.8 Å². The molecule has 3 atom stereocenters. The topological polar surface area (TPSA) is 150 Å². The van der Waals surface area contributed by atoms with Gasteiger partial charge < -0.3 is 20.8 Å². The lowest BCUT2D eigenvalue weighted by Gasteiger charge is -2.32. The van der Waals surface area contributed by atoms with Crippen molar-refractivity contribution in [2.75, 3.05) is 22.1 Å². The Bertz CT molecular complexity index is 1470. The monoisotopic (exact) mass is 558 g/mol. The number of aliphatic hydroxyl groups excluding tert-OH is 1. The quantitative estimate of drug-likeness (QED) is 0.287. The van der Waals surface area contributed by atoms with E-state index in [1.165, 1.54) is 11.3 Å². The first-order valence-electron chi connectivity index (χ1n) is 13.5. The van der Waals surface area contributed by atoms with E-state index in [4.69, 9.17) is 15.0 Å². The number of aromatic nitrogens is 4. The Hall–Kier alpha value is -2.41. The minimum Gasteiger partial charge on any atom is -0.388 e. The number of sulfone groups is 1. The van der Waals surface area contributed by atoms with Crippen molar-refractivity contribution in [3.8, 4) is 10.6 Å². The Labute approximate surface area is 226 Å². The lowest BCUT2D eigenvalue weighted by atomic mass is 9.93. The molecule has 10 nitrogen and oxygen atoms in total. The number of anilines is 2. The fourth-order valence-electron chi connectivity index (χ4n) is 5.42. The van der Waals surface area contributed by atoms with E-state index < -0.39 is 27.6 Å². The van der Waals surface area contributed by atoms with Gasteiger partial charge in [-0.15, -0.1) is 11.3 Å². The highest BCUT2D eigenvalue weighted by Crippen LogP contribution is 2.45. The van der Waals surface area contributed by atoms with E-state index in [1.807, 2.05) is 19.2 Å². The number of pyridine rings is 1. The van der Waals surface area contributed by atoms with Crippen LogP contribution in [0.1, 0.15) is 69.2 Å². The molecule has 38 heavy (non-hydrogen) atoms. The zero-order chi connectivity index (χ0) is 26.7. The molecule has 0 aromatic carbocycles. The number of hydrogen-bond acceptors (Lipinski definition) is 11. The molecule has 0 amide bonds. The van der Waals surface area contributed by atoms with Gasteiger partial charge in [-0.2, -0.15) is 4.98 Å². The Balaban J connectivity index is 1.38. The molecule has 3 aliphatic rings.